The van der Waals surface area contributed by atoms with Crippen molar-refractivity contribution in [3.05, 3.63) is 64.0 Å². The number of carbonyl (C=O) groups is 1. The number of nitrogens with two attached hydrogens (primary N) is 1. The fraction of sp³-hybridized carbons (Fsp3) is 0.158. The largest absolute Gasteiger partial charge is 0.375 e. The predicted molar refractivity (Wildman–Crippen MR) is 99.5 cm³/mol. The fourth-order valence-corrected chi connectivity index (χ4v) is 4.30. The third kappa shape index (κ3) is 2.26. The van der Waals surface area contributed by atoms with Crippen molar-refractivity contribution in [1.29, 1.82) is 0 Å². The Morgan fingerprint density at radius 3 is 2.64 bits per heavy atom. The van der Waals surface area contributed by atoms with Crippen LogP contribution in [0.1, 0.15) is 21.6 Å². The van der Waals surface area contributed by atoms with Gasteiger partial charge >= 0.3 is 0 Å². The zero-order valence-electron chi connectivity index (χ0n) is 13.8. The van der Waals surface area contributed by atoms with E-state index in [0.717, 1.165) is 28.0 Å². The first-order chi connectivity index (χ1) is 11.9. The minimum Gasteiger partial charge on any atom is -0.375 e. The number of anilines is 2. The van der Waals surface area contributed by atoms with Crippen LogP contribution in [0.3, 0.4) is 0 Å². The highest BCUT2D eigenvalue weighted by Gasteiger charge is 2.50. The second-order valence-corrected chi connectivity index (χ2v) is 7.30. The van der Waals surface area contributed by atoms with E-state index in [0.29, 0.717) is 27.0 Å². The first-order valence-electron chi connectivity index (χ1n) is 7.89. The zero-order valence-corrected chi connectivity index (χ0v) is 14.6. The Morgan fingerprint density at radius 2 is 1.92 bits per heavy atom. The van der Waals surface area contributed by atoms with Gasteiger partial charge in [0.05, 0.1) is 16.3 Å². The monoisotopic (exact) mass is 351 g/mol. The first-order valence-corrected chi connectivity index (χ1v) is 8.70. The van der Waals surface area contributed by atoms with E-state index >= 15 is 0 Å². The molecule has 5 nitrogen and oxygen atoms in total. The molecule has 0 saturated heterocycles. The lowest BCUT2D eigenvalue weighted by molar-refractivity contribution is -0.129. The topological polar surface area (TPSA) is 88.2 Å². The van der Waals surface area contributed by atoms with E-state index in [1.165, 1.54) is 0 Å². The highest BCUT2D eigenvalue weighted by Crippen LogP contribution is 2.48. The van der Waals surface area contributed by atoms with E-state index in [4.69, 9.17) is 5.73 Å². The van der Waals surface area contributed by atoms with Crippen LogP contribution in [0.25, 0.3) is 11.3 Å². The molecule has 2 aromatic carbocycles. The number of nitrogen functional groups attached to an aromatic ring is 1. The summed E-state index contributed by atoms with van der Waals surface area (Å²) in [6.45, 7) is 3.85. The number of carbonyl (C=O) groups excluding carboxylic acids is 1. The van der Waals surface area contributed by atoms with Crippen molar-refractivity contribution in [2.45, 2.75) is 19.4 Å². The second-order valence-electron chi connectivity index (χ2n) is 6.26. The fourth-order valence-electron chi connectivity index (χ4n) is 3.34. The second kappa shape index (κ2) is 5.40. The van der Waals surface area contributed by atoms with Gasteiger partial charge in [0.15, 0.2) is 5.13 Å². The van der Waals surface area contributed by atoms with Crippen molar-refractivity contribution >= 4 is 28.1 Å². The van der Waals surface area contributed by atoms with Gasteiger partial charge < -0.3 is 16.2 Å². The maximum atomic E-state index is 12.8. The van der Waals surface area contributed by atoms with Gasteiger partial charge in [-0.3, -0.25) is 4.79 Å². The molecule has 1 aliphatic heterocycles. The van der Waals surface area contributed by atoms with Gasteiger partial charge in [-0.15, -0.1) is 0 Å². The number of hydrogen-bond donors (Lipinski definition) is 3. The van der Waals surface area contributed by atoms with Crippen LogP contribution >= 0.6 is 11.3 Å². The van der Waals surface area contributed by atoms with Gasteiger partial charge in [0, 0.05) is 11.1 Å². The van der Waals surface area contributed by atoms with E-state index < -0.39 is 11.5 Å². The van der Waals surface area contributed by atoms with Crippen LogP contribution in [0, 0.1) is 13.8 Å². The summed E-state index contributed by atoms with van der Waals surface area (Å²) in [7, 11) is 0. The van der Waals surface area contributed by atoms with Crippen molar-refractivity contribution in [1.82, 2.24) is 4.98 Å². The van der Waals surface area contributed by atoms with Gasteiger partial charge in [-0.25, -0.2) is 4.98 Å². The lowest BCUT2D eigenvalue weighted by atomic mass is 9.89. The standard InChI is InChI=1S/C19H17N3O2S/c1-10-8-11(2)14-13(9-10)19(24,17(23)21-14)16-15(22-18(20)25-16)12-6-4-3-5-7-12/h3-9,24H,1-2H3,(H2,20,22)(H,21,23)/t19-/m0/s1. The highest BCUT2D eigenvalue weighted by atomic mass is 32.1. The number of aliphatic hydroxyl groups is 1. The van der Waals surface area contributed by atoms with Gasteiger partial charge in [-0.05, 0) is 19.4 Å². The molecule has 0 bridgehead atoms. The van der Waals surface area contributed by atoms with Crippen LogP contribution in [0.4, 0.5) is 10.8 Å². The molecule has 2 heterocycles. The number of thiazole rings is 1. The smallest absolute Gasteiger partial charge is 0.266 e. The molecule has 4 N–H and O–H groups in total. The molecule has 6 heteroatoms. The summed E-state index contributed by atoms with van der Waals surface area (Å²) in [6, 6.07) is 13.3. The molecule has 25 heavy (non-hydrogen) atoms. The number of fused-ring (bicyclic) bond motifs is 1. The van der Waals surface area contributed by atoms with Crippen LogP contribution in [0.15, 0.2) is 42.5 Å². The quantitative estimate of drug-likeness (QED) is 0.661. The average molecular weight is 351 g/mol. The number of nitrogens with one attached hydrogen (secondary N) is 1. The number of nitrogens with zero attached hydrogens (tertiary/aromatic N) is 1. The van der Waals surface area contributed by atoms with E-state index in [1.54, 1.807) is 0 Å². The molecule has 0 radical (unpaired) electrons. The van der Waals surface area contributed by atoms with Gasteiger partial charge in [-0.1, -0.05) is 59.4 Å². The zero-order chi connectivity index (χ0) is 17.8. The molecule has 4 rings (SSSR count). The Hall–Kier alpha value is -2.70. The minimum atomic E-state index is -1.80. The van der Waals surface area contributed by atoms with Crippen molar-refractivity contribution in [3.63, 3.8) is 0 Å². The molecule has 0 aliphatic carbocycles. The molecule has 0 spiro atoms. The minimum absolute atomic E-state index is 0.313. The Kier molecular flexibility index (Phi) is 3.42. The lowest BCUT2D eigenvalue weighted by Gasteiger charge is -2.21. The third-order valence-electron chi connectivity index (χ3n) is 4.46. The molecule has 1 aliphatic rings. The lowest BCUT2D eigenvalue weighted by Crippen LogP contribution is -2.35. The predicted octanol–water partition coefficient (Wildman–Crippen LogP) is 3.20. The van der Waals surface area contributed by atoms with Crippen LogP contribution in [0.5, 0.6) is 0 Å². The summed E-state index contributed by atoms with van der Waals surface area (Å²) < 4.78 is 0. The number of benzene rings is 2. The van der Waals surface area contributed by atoms with E-state index in [1.807, 2.05) is 56.3 Å². The van der Waals surface area contributed by atoms with E-state index in [9.17, 15) is 9.90 Å². The average Bonchev–Trinajstić information content (AvgIpc) is 3.09. The summed E-state index contributed by atoms with van der Waals surface area (Å²) >= 11 is 1.14. The number of rotatable bonds is 2. The third-order valence-corrected chi connectivity index (χ3v) is 5.45. The van der Waals surface area contributed by atoms with Crippen molar-refractivity contribution in [3.8, 4) is 11.3 Å². The van der Waals surface area contributed by atoms with Gasteiger partial charge in [0.1, 0.15) is 0 Å². The molecule has 0 unspecified atom stereocenters. The maximum Gasteiger partial charge on any atom is 0.266 e. The molecule has 1 amide bonds. The Bertz CT molecular complexity index is 997. The number of hydrogen-bond acceptors (Lipinski definition) is 5. The van der Waals surface area contributed by atoms with Gasteiger partial charge in [0.25, 0.3) is 5.91 Å². The van der Waals surface area contributed by atoms with Crippen LogP contribution in [0.2, 0.25) is 0 Å². The molecule has 3 aromatic rings. The molecule has 1 atom stereocenters. The summed E-state index contributed by atoms with van der Waals surface area (Å²) in [6.07, 6.45) is 0. The molecule has 1 aromatic heterocycles. The molecule has 0 fully saturated rings. The molecular weight excluding hydrogens is 334 g/mol. The first kappa shape index (κ1) is 15.8. The normalized spacial score (nSPS) is 18.9. The van der Waals surface area contributed by atoms with Crippen molar-refractivity contribution in [2.24, 2.45) is 0 Å². The SMILES string of the molecule is Cc1cc(C)c2c(c1)[C@](O)(c1sc(N)nc1-c1ccccc1)C(=O)N2. The van der Waals surface area contributed by atoms with Crippen LogP contribution < -0.4 is 11.1 Å². The summed E-state index contributed by atoms with van der Waals surface area (Å²) in [5, 5.41) is 14.6. The Labute approximate surface area is 149 Å². The number of aromatic nitrogens is 1. The Morgan fingerprint density at radius 1 is 1.20 bits per heavy atom. The Balaban J connectivity index is 1.99. The molecule has 0 saturated carbocycles. The van der Waals surface area contributed by atoms with E-state index in [-0.39, 0.29) is 0 Å². The maximum absolute atomic E-state index is 12.8. The van der Waals surface area contributed by atoms with Gasteiger partial charge in [-0.2, -0.15) is 0 Å². The van der Waals surface area contributed by atoms with Crippen molar-refractivity contribution < 1.29 is 9.90 Å². The summed E-state index contributed by atoms with van der Waals surface area (Å²) in [5.74, 6) is -0.475. The number of amides is 1. The summed E-state index contributed by atoms with van der Waals surface area (Å²) in [5.41, 5.74) is 8.58. The van der Waals surface area contributed by atoms with Crippen molar-refractivity contribution in [2.75, 3.05) is 11.1 Å². The van der Waals surface area contributed by atoms with E-state index in [2.05, 4.69) is 10.3 Å². The van der Waals surface area contributed by atoms with Gasteiger partial charge in [0.2, 0.25) is 5.60 Å². The van der Waals surface area contributed by atoms with Crippen LogP contribution in [-0.2, 0) is 10.4 Å². The highest BCUT2D eigenvalue weighted by molar-refractivity contribution is 7.16. The number of aryl methyl sites for hydroxylation is 2. The van der Waals surface area contributed by atoms with Crippen LogP contribution in [-0.4, -0.2) is 16.0 Å². The summed E-state index contributed by atoms with van der Waals surface area (Å²) in [4.78, 5) is 17.6. The molecule has 126 valence electrons. The molecular formula is C19H17N3O2S.